The molecule has 4 aromatic rings. The van der Waals surface area contributed by atoms with Crippen molar-refractivity contribution < 1.29 is 14.0 Å². The minimum Gasteiger partial charge on any atom is -0.345 e. The standard InChI is InChI=1S/C32H33BrFN3O2/c1-24(2)19-37(32(39)29-12-6-7-13-30(29)33)23-31(38)36(21-25-9-4-3-5-10-25)22-28-11-8-18-35(28)20-26-14-16-27(34)17-15-26/h3-18,24H,19-23H2,1-2H3. The topological polar surface area (TPSA) is 45.6 Å². The van der Waals surface area contributed by atoms with E-state index in [9.17, 15) is 14.0 Å². The summed E-state index contributed by atoms with van der Waals surface area (Å²) in [6.07, 6.45) is 1.96. The fourth-order valence-corrected chi connectivity index (χ4v) is 4.95. The molecule has 0 atom stereocenters. The molecule has 0 radical (unpaired) electrons. The maximum atomic E-state index is 13.9. The quantitative estimate of drug-likeness (QED) is 0.194. The van der Waals surface area contributed by atoms with Gasteiger partial charge in [0.25, 0.3) is 5.91 Å². The van der Waals surface area contributed by atoms with Crippen LogP contribution in [-0.4, -0.2) is 39.3 Å². The molecule has 0 fully saturated rings. The second-order valence-corrected chi connectivity index (χ2v) is 10.9. The second-order valence-electron chi connectivity index (χ2n) is 10.0. The lowest BCUT2D eigenvalue weighted by atomic mass is 10.1. The summed E-state index contributed by atoms with van der Waals surface area (Å²) in [5, 5.41) is 0. The van der Waals surface area contributed by atoms with Crippen molar-refractivity contribution in [3.8, 4) is 0 Å². The highest BCUT2D eigenvalue weighted by atomic mass is 79.9. The van der Waals surface area contributed by atoms with Gasteiger partial charge >= 0.3 is 0 Å². The number of nitrogens with zero attached hydrogens (tertiary/aromatic N) is 3. The summed E-state index contributed by atoms with van der Waals surface area (Å²) in [5.74, 6) is -0.382. The molecule has 39 heavy (non-hydrogen) atoms. The summed E-state index contributed by atoms with van der Waals surface area (Å²) >= 11 is 3.48. The maximum absolute atomic E-state index is 13.9. The Hall–Kier alpha value is -3.71. The number of benzene rings is 3. The first kappa shape index (κ1) is 28.3. The number of carbonyl (C=O) groups excluding carboxylic acids is 2. The Labute approximate surface area is 238 Å². The first-order chi connectivity index (χ1) is 18.8. The predicted octanol–water partition coefficient (Wildman–Crippen LogP) is 6.77. The molecule has 0 saturated carbocycles. The van der Waals surface area contributed by atoms with E-state index in [2.05, 4.69) is 20.5 Å². The van der Waals surface area contributed by atoms with Crippen molar-refractivity contribution in [3.63, 3.8) is 0 Å². The van der Waals surface area contributed by atoms with Crippen LogP contribution in [-0.2, 0) is 24.4 Å². The fourth-order valence-electron chi connectivity index (χ4n) is 4.49. The number of hydrogen-bond donors (Lipinski definition) is 0. The molecule has 0 spiro atoms. The summed E-state index contributed by atoms with van der Waals surface area (Å²) in [5.41, 5.74) is 3.47. The van der Waals surface area contributed by atoms with Crippen LogP contribution in [0.1, 0.15) is 41.0 Å². The van der Waals surface area contributed by atoms with Gasteiger partial charge in [-0.2, -0.15) is 0 Å². The van der Waals surface area contributed by atoms with Crippen molar-refractivity contribution in [1.82, 2.24) is 14.4 Å². The third kappa shape index (κ3) is 7.90. The Morgan fingerprint density at radius 2 is 1.51 bits per heavy atom. The Bertz CT molecular complexity index is 1390. The number of aromatic nitrogens is 1. The smallest absolute Gasteiger partial charge is 0.255 e. The van der Waals surface area contributed by atoms with Crippen LogP contribution in [0.3, 0.4) is 0 Å². The summed E-state index contributed by atoms with van der Waals surface area (Å²) in [7, 11) is 0. The second kappa shape index (κ2) is 13.4. The van der Waals surface area contributed by atoms with Crippen molar-refractivity contribution in [3.05, 3.63) is 130 Å². The molecule has 3 aromatic carbocycles. The van der Waals surface area contributed by atoms with Crippen molar-refractivity contribution >= 4 is 27.7 Å². The van der Waals surface area contributed by atoms with Gasteiger partial charge in [0, 0.05) is 36.0 Å². The first-order valence-electron chi connectivity index (χ1n) is 13.0. The number of rotatable bonds is 11. The molecular formula is C32H33BrFN3O2. The normalized spacial score (nSPS) is 11.0. The van der Waals surface area contributed by atoms with Gasteiger partial charge in [0.1, 0.15) is 12.4 Å². The molecule has 202 valence electrons. The lowest BCUT2D eigenvalue weighted by Crippen LogP contribution is -2.44. The van der Waals surface area contributed by atoms with Crippen LogP contribution < -0.4 is 0 Å². The molecule has 7 heteroatoms. The Kier molecular flexibility index (Phi) is 9.71. The van der Waals surface area contributed by atoms with Gasteiger partial charge in [-0.15, -0.1) is 0 Å². The van der Waals surface area contributed by atoms with E-state index in [0.717, 1.165) is 16.8 Å². The molecule has 5 nitrogen and oxygen atoms in total. The van der Waals surface area contributed by atoms with Gasteiger partial charge in [0.2, 0.25) is 5.91 Å². The number of halogens is 2. The van der Waals surface area contributed by atoms with E-state index in [1.165, 1.54) is 12.1 Å². The number of carbonyl (C=O) groups is 2. The van der Waals surface area contributed by atoms with Crippen LogP contribution in [0.25, 0.3) is 0 Å². The van der Waals surface area contributed by atoms with Crippen LogP contribution in [0.15, 0.2) is 102 Å². The van der Waals surface area contributed by atoms with E-state index >= 15 is 0 Å². The average Bonchev–Trinajstić information content (AvgIpc) is 3.35. The largest absolute Gasteiger partial charge is 0.345 e. The molecule has 0 aliphatic heterocycles. The van der Waals surface area contributed by atoms with Crippen LogP contribution in [0, 0.1) is 11.7 Å². The predicted molar refractivity (Wildman–Crippen MR) is 156 cm³/mol. The molecule has 0 bridgehead atoms. The molecule has 0 aliphatic carbocycles. The molecule has 4 rings (SSSR count). The van der Waals surface area contributed by atoms with Crippen LogP contribution in [0.2, 0.25) is 0 Å². The Balaban J connectivity index is 1.58. The van der Waals surface area contributed by atoms with Crippen molar-refractivity contribution in [2.45, 2.75) is 33.5 Å². The van der Waals surface area contributed by atoms with Gasteiger partial charge in [-0.05, 0) is 69.4 Å². The molecule has 1 aromatic heterocycles. The lowest BCUT2D eigenvalue weighted by molar-refractivity contribution is -0.133. The molecular weight excluding hydrogens is 557 g/mol. The Morgan fingerprint density at radius 3 is 2.21 bits per heavy atom. The average molecular weight is 591 g/mol. The van der Waals surface area contributed by atoms with Gasteiger partial charge in [-0.1, -0.05) is 68.4 Å². The zero-order valence-corrected chi connectivity index (χ0v) is 23.9. The van der Waals surface area contributed by atoms with Gasteiger partial charge in [0.05, 0.1) is 12.1 Å². The van der Waals surface area contributed by atoms with E-state index in [1.54, 1.807) is 28.0 Å². The Morgan fingerprint density at radius 1 is 0.821 bits per heavy atom. The minimum absolute atomic E-state index is 0.0240. The number of amides is 2. The van der Waals surface area contributed by atoms with Crippen molar-refractivity contribution in [1.29, 1.82) is 0 Å². The van der Waals surface area contributed by atoms with E-state index in [0.29, 0.717) is 36.2 Å². The molecule has 0 aliphatic rings. The summed E-state index contributed by atoms with van der Waals surface area (Å²) < 4.78 is 16.2. The van der Waals surface area contributed by atoms with Crippen LogP contribution >= 0.6 is 15.9 Å². The minimum atomic E-state index is -0.269. The third-order valence-corrected chi connectivity index (χ3v) is 7.11. The van der Waals surface area contributed by atoms with E-state index in [-0.39, 0.29) is 30.1 Å². The van der Waals surface area contributed by atoms with E-state index in [4.69, 9.17) is 0 Å². The SMILES string of the molecule is CC(C)CN(CC(=O)N(Cc1ccccc1)Cc1cccn1Cc1ccc(F)cc1)C(=O)c1ccccc1Br. The zero-order valence-electron chi connectivity index (χ0n) is 22.3. The summed E-state index contributed by atoms with van der Waals surface area (Å²) in [6.45, 7) is 5.87. The van der Waals surface area contributed by atoms with Gasteiger partial charge in [-0.3, -0.25) is 9.59 Å². The molecule has 0 N–H and O–H groups in total. The van der Waals surface area contributed by atoms with Crippen LogP contribution in [0.5, 0.6) is 0 Å². The summed E-state index contributed by atoms with van der Waals surface area (Å²) in [6, 6.07) is 27.5. The highest BCUT2D eigenvalue weighted by Crippen LogP contribution is 2.20. The highest BCUT2D eigenvalue weighted by molar-refractivity contribution is 9.10. The van der Waals surface area contributed by atoms with Crippen molar-refractivity contribution in [2.75, 3.05) is 13.1 Å². The summed E-state index contributed by atoms with van der Waals surface area (Å²) in [4.78, 5) is 30.8. The third-order valence-electron chi connectivity index (χ3n) is 6.41. The lowest BCUT2D eigenvalue weighted by Gasteiger charge is -2.29. The van der Waals surface area contributed by atoms with Crippen molar-refractivity contribution in [2.24, 2.45) is 5.92 Å². The highest BCUT2D eigenvalue weighted by Gasteiger charge is 2.25. The monoisotopic (exact) mass is 589 g/mol. The van der Waals surface area contributed by atoms with Crippen LogP contribution in [0.4, 0.5) is 4.39 Å². The molecule has 0 saturated heterocycles. The first-order valence-corrected chi connectivity index (χ1v) is 13.8. The zero-order chi connectivity index (χ0) is 27.8. The van der Waals surface area contributed by atoms with Gasteiger partial charge in [0.15, 0.2) is 0 Å². The maximum Gasteiger partial charge on any atom is 0.255 e. The van der Waals surface area contributed by atoms with Gasteiger partial charge in [-0.25, -0.2) is 4.39 Å². The van der Waals surface area contributed by atoms with E-state index < -0.39 is 0 Å². The van der Waals surface area contributed by atoms with Gasteiger partial charge < -0.3 is 14.4 Å². The fraction of sp³-hybridized carbons (Fsp3) is 0.250. The molecule has 0 unspecified atom stereocenters. The molecule has 1 heterocycles. The van der Waals surface area contributed by atoms with E-state index in [1.807, 2.05) is 80.7 Å². The molecule has 2 amide bonds. The number of hydrogen-bond acceptors (Lipinski definition) is 2.